The molecule has 1 N–H and O–H groups in total. The van der Waals surface area contributed by atoms with E-state index in [9.17, 15) is 5.11 Å². The van der Waals surface area contributed by atoms with Gasteiger partial charge in [0.2, 0.25) is 6.29 Å². The summed E-state index contributed by atoms with van der Waals surface area (Å²) in [6.07, 6.45) is 19.8. The van der Waals surface area contributed by atoms with Gasteiger partial charge in [0.05, 0.1) is 56.1 Å². The van der Waals surface area contributed by atoms with Gasteiger partial charge in [0.15, 0.2) is 6.29 Å². The first-order valence-corrected chi connectivity index (χ1v) is 21.2. The molecule has 0 spiro atoms. The minimum Gasteiger partial charge on any atom is -0.472 e. The molecule has 0 amide bonds. The topological polar surface area (TPSA) is 103 Å². The first-order chi connectivity index (χ1) is 25.6. The van der Waals surface area contributed by atoms with Crippen LogP contribution >= 0.6 is 0 Å². The van der Waals surface area contributed by atoms with Gasteiger partial charge in [-0.25, -0.2) is 0 Å². The molecule has 54 heavy (non-hydrogen) atoms. The van der Waals surface area contributed by atoms with Crippen LogP contribution in [0.4, 0.5) is 4.70 Å². The Kier molecular flexibility index (Phi) is 32.6. The molecule has 0 aromatic heterocycles. The number of hydrogen-bond acceptors (Lipinski definition) is 10. The first-order valence-electron chi connectivity index (χ1n) is 21.2. The van der Waals surface area contributed by atoms with Gasteiger partial charge in [0.25, 0.3) is 0 Å². The fourth-order valence-corrected chi connectivity index (χ4v) is 7.56. The second-order valence-electron chi connectivity index (χ2n) is 15.4. The zero-order valence-electron chi connectivity index (χ0n) is 36.3. The molecular weight excluding hydrogens is 695 g/mol. The summed E-state index contributed by atoms with van der Waals surface area (Å²) in [4.78, 5) is 0. The highest BCUT2D eigenvalue weighted by atomic mass is 19.0. The van der Waals surface area contributed by atoms with Gasteiger partial charge in [-0.3, -0.25) is 4.70 Å². The molecule has 0 bridgehead atoms. The number of rotatable bonds is 28. The van der Waals surface area contributed by atoms with Gasteiger partial charge in [0.1, 0.15) is 0 Å². The van der Waals surface area contributed by atoms with E-state index in [1.165, 1.54) is 64.2 Å². The van der Waals surface area contributed by atoms with E-state index in [-0.39, 0.29) is 71.3 Å². The van der Waals surface area contributed by atoms with Crippen LogP contribution < -0.4 is 0 Å². The Bertz CT molecular complexity index is 868. The van der Waals surface area contributed by atoms with E-state index in [2.05, 4.69) is 34.6 Å². The van der Waals surface area contributed by atoms with Gasteiger partial charge in [0, 0.05) is 65.3 Å². The number of aliphatic hydroxyl groups excluding tert-OH is 1. The Balaban J connectivity index is 0.00000103. The number of allylic oxidation sites excluding steroid dienone is 1. The van der Waals surface area contributed by atoms with Crippen molar-refractivity contribution < 1.29 is 52.4 Å². The number of unbranched alkanes of at least 4 members (excludes halogenated alkanes) is 8. The van der Waals surface area contributed by atoms with E-state index in [0.717, 1.165) is 25.7 Å². The first kappa shape index (κ1) is 53.1. The summed E-state index contributed by atoms with van der Waals surface area (Å²) in [5, 5.41) is 10.1. The molecule has 0 saturated carbocycles. The van der Waals surface area contributed by atoms with Crippen LogP contribution in [0.25, 0.3) is 0 Å². The molecule has 2 saturated heterocycles. The molecule has 2 aliphatic heterocycles. The molecule has 0 aliphatic carbocycles. The standard InChI is InChI=1S/C23H44O5.C20H40O5.FH/c1-7-9-10-11-12-13-20(25-6)14-16-26-22-18(3)21(17-24-5)28-23(19(22)4)27-15-8-2;1-6-7-8-9-10-11-17(23-5)12-13-24-19-15(2)18(14-22-4)25-20(21)16(19)3;/h8,15,18-23H,7,9-14,16-17H2,1-6H3;15-21H,6-14H2,1-5H3;1H/b15-8-;;. The number of ether oxygens (including phenoxy) is 9. The number of hydrogen-bond donors (Lipinski definition) is 1. The average Bonchev–Trinajstić information content (AvgIpc) is 3.15. The molecule has 0 aromatic rings. The fourth-order valence-electron chi connectivity index (χ4n) is 7.56. The maximum absolute atomic E-state index is 10.1. The molecule has 0 aromatic carbocycles. The number of halogens is 1. The van der Waals surface area contributed by atoms with Crippen molar-refractivity contribution in [2.75, 3.05) is 54.9 Å². The van der Waals surface area contributed by atoms with Crippen LogP contribution in [-0.4, -0.2) is 109 Å². The summed E-state index contributed by atoms with van der Waals surface area (Å²) >= 11 is 0. The molecule has 10 nitrogen and oxygen atoms in total. The van der Waals surface area contributed by atoms with Crippen molar-refractivity contribution >= 4 is 0 Å². The summed E-state index contributed by atoms with van der Waals surface area (Å²) in [5.74, 6) is 0.538. The molecule has 11 heteroatoms. The largest absolute Gasteiger partial charge is 0.472 e. The van der Waals surface area contributed by atoms with Gasteiger partial charge in [-0.15, -0.1) is 0 Å². The Morgan fingerprint density at radius 2 is 1.04 bits per heavy atom. The Labute approximate surface area is 330 Å². The lowest BCUT2D eigenvalue weighted by Gasteiger charge is -2.43. The molecule has 0 radical (unpaired) electrons. The average molecular weight is 781 g/mol. The normalized spacial score (nSPS) is 29.6. The second kappa shape index (κ2) is 33.1. The van der Waals surface area contributed by atoms with Crippen molar-refractivity contribution in [2.24, 2.45) is 23.7 Å². The van der Waals surface area contributed by atoms with Crippen LogP contribution in [0.5, 0.6) is 0 Å². The van der Waals surface area contributed by atoms with Gasteiger partial charge in [-0.2, -0.15) is 0 Å². The minimum absolute atomic E-state index is 0. The highest BCUT2D eigenvalue weighted by Crippen LogP contribution is 2.34. The smallest absolute Gasteiger partial charge is 0.204 e. The molecule has 2 rings (SSSR count). The molecular formula is C43H85FO10. The van der Waals surface area contributed by atoms with Crippen molar-refractivity contribution in [3.63, 3.8) is 0 Å². The lowest BCUT2D eigenvalue weighted by Crippen LogP contribution is -2.52. The molecule has 2 heterocycles. The van der Waals surface area contributed by atoms with E-state index >= 15 is 0 Å². The summed E-state index contributed by atoms with van der Waals surface area (Å²) in [5.41, 5.74) is 0. The predicted molar refractivity (Wildman–Crippen MR) is 215 cm³/mol. The molecule has 324 valence electrons. The summed E-state index contributed by atoms with van der Waals surface area (Å²) in [6.45, 7) is 17.2. The Morgan fingerprint density at radius 3 is 1.46 bits per heavy atom. The fraction of sp³-hybridized carbons (Fsp3) is 0.953. The highest BCUT2D eigenvalue weighted by molar-refractivity contribution is 4.88. The third-order valence-corrected chi connectivity index (χ3v) is 11.2. The predicted octanol–water partition coefficient (Wildman–Crippen LogP) is 9.26. The number of methoxy groups -OCH3 is 4. The van der Waals surface area contributed by atoms with Crippen molar-refractivity contribution in [3.05, 3.63) is 12.3 Å². The summed E-state index contributed by atoms with van der Waals surface area (Å²) in [7, 11) is 6.95. The molecule has 12 unspecified atom stereocenters. The quantitative estimate of drug-likeness (QED) is 0.0611. The lowest BCUT2D eigenvalue weighted by molar-refractivity contribution is -0.260. The van der Waals surface area contributed by atoms with Gasteiger partial charge >= 0.3 is 0 Å². The van der Waals surface area contributed by atoms with Gasteiger partial charge in [-0.1, -0.05) is 112 Å². The third kappa shape index (κ3) is 20.5. The van der Waals surface area contributed by atoms with Crippen molar-refractivity contribution in [2.45, 2.75) is 188 Å². The van der Waals surface area contributed by atoms with Crippen LogP contribution in [0.3, 0.4) is 0 Å². The van der Waals surface area contributed by atoms with Crippen molar-refractivity contribution in [3.8, 4) is 0 Å². The molecule has 12 atom stereocenters. The van der Waals surface area contributed by atoms with Crippen molar-refractivity contribution in [1.29, 1.82) is 0 Å². The SMILES string of the molecule is C/C=C\OC1OC(COC)C(C)C(OCCC(CCCCCCC)OC)C1C.CCCCCCCC(CCOC1C(C)C(O)OC(COC)C1C)OC.F. The van der Waals surface area contributed by atoms with E-state index in [0.29, 0.717) is 26.4 Å². The zero-order valence-corrected chi connectivity index (χ0v) is 36.3. The van der Waals surface area contributed by atoms with E-state index in [1.54, 1.807) is 27.6 Å². The molecule has 2 fully saturated rings. The second-order valence-corrected chi connectivity index (χ2v) is 15.4. The third-order valence-electron chi connectivity index (χ3n) is 11.2. The Morgan fingerprint density at radius 1 is 0.593 bits per heavy atom. The maximum Gasteiger partial charge on any atom is 0.204 e. The van der Waals surface area contributed by atoms with Crippen LogP contribution in [0.2, 0.25) is 0 Å². The maximum atomic E-state index is 10.1. The monoisotopic (exact) mass is 781 g/mol. The Hall–Kier alpha value is -0.890. The van der Waals surface area contributed by atoms with Crippen molar-refractivity contribution in [1.82, 2.24) is 0 Å². The number of aliphatic hydroxyl groups is 1. The van der Waals surface area contributed by atoms with E-state index in [4.69, 9.17) is 42.6 Å². The van der Waals surface area contributed by atoms with Crippen LogP contribution in [0.1, 0.15) is 138 Å². The van der Waals surface area contributed by atoms with Crippen LogP contribution in [0, 0.1) is 23.7 Å². The summed E-state index contributed by atoms with van der Waals surface area (Å²) in [6, 6.07) is 0. The highest BCUT2D eigenvalue weighted by Gasteiger charge is 2.43. The minimum atomic E-state index is -0.793. The lowest BCUT2D eigenvalue weighted by atomic mass is 9.85. The van der Waals surface area contributed by atoms with Gasteiger partial charge in [-0.05, 0) is 32.6 Å². The van der Waals surface area contributed by atoms with E-state index < -0.39 is 6.29 Å². The van der Waals surface area contributed by atoms with E-state index in [1.807, 2.05) is 27.0 Å². The zero-order chi connectivity index (χ0) is 39.4. The van der Waals surface area contributed by atoms with Crippen LogP contribution in [-0.2, 0) is 42.6 Å². The summed E-state index contributed by atoms with van der Waals surface area (Å²) < 4.78 is 51.9. The molecule has 2 aliphatic rings. The van der Waals surface area contributed by atoms with Gasteiger partial charge < -0.3 is 47.7 Å². The van der Waals surface area contributed by atoms with Crippen LogP contribution in [0.15, 0.2) is 12.3 Å².